The van der Waals surface area contributed by atoms with Crippen LogP contribution in [0.2, 0.25) is 0 Å². The number of aromatic nitrogens is 1. The maximum atomic E-state index is 12.0. The Morgan fingerprint density at radius 3 is 2.57 bits per heavy atom. The van der Waals surface area contributed by atoms with Gasteiger partial charge in [0, 0.05) is 23.8 Å². The number of rotatable bonds is 7. The molecule has 2 amide bonds. The SMILES string of the molecule is O=C(CNC(=O)c1cccc([N+](=O)[O-])c1)Nc1ccc(OCC(F)(F)F)nc1. The summed E-state index contributed by atoms with van der Waals surface area (Å²) in [6.07, 6.45) is -3.40. The van der Waals surface area contributed by atoms with Crippen LogP contribution in [0.5, 0.6) is 5.88 Å². The Morgan fingerprint density at radius 1 is 1.21 bits per heavy atom. The molecule has 0 aliphatic carbocycles. The third kappa shape index (κ3) is 6.55. The largest absolute Gasteiger partial charge is 0.468 e. The molecule has 2 aromatic rings. The van der Waals surface area contributed by atoms with Gasteiger partial charge >= 0.3 is 6.18 Å². The second-order valence-corrected chi connectivity index (χ2v) is 5.33. The number of hydrogen-bond donors (Lipinski definition) is 2. The van der Waals surface area contributed by atoms with Gasteiger partial charge in [0.05, 0.1) is 23.4 Å². The van der Waals surface area contributed by atoms with E-state index in [1.807, 2.05) is 0 Å². The number of nitrogens with zero attached hydrogens (tertiary/aromatic N) is 2. The zero-order valence-electron chi connectivity index (χ0n) is 14.0. The lowest BCUT2D eigenvalue weighted by atomic mass is 10.2. The lowest BCUT2D eigenvalue weighted by molar-refractivity contribution is -0.384. The average molecular weight is 398 g/mol. The van der Waals surface area contributed by atoms with Gasteiger partial charge in [-0.05, 0) is 12.1 Å². The third-order valence-corrected chi connectivity index (χ3v) is 3.13. The molecule has 0 saturated heterocycles. The van der Waals surface area contributed by atoms with E-state index in [1.54, 1.807) is 0 Å². The lowest BCUT2D eigenvalue weighted by Crippen LogP contribution is -2.32. The monoisotopic (exact) mass is 398 g/mol. The molecular formula is C16H13F3N4O5. The summed E-state index contributed by atoms with van der Waals surface area (Å²) in [6.45, 7) is -1.93. The number of benzene rings is 1. The summed E-state index contributed by atoms with van der Waals surface area (Å²) in [5.74, 6) is -1.59. The maximum absolute atomic E-state index is 12.0. The van der Waals surface area contributed by atoms with Gasteiger partial charge in [-0.1, -0.05) is 6.07 Å². The standard InChI is InChI=1S/C16H13F3N4O5/c17-16(18,19)9-28-14-5-4-11(7-20-14)22-13(24)8-21-15(25)10-2-1-3-12(6-10)23(26)27/h1-7H,8-9H2,(H,21,25)(H,22,24). The summed E-state index contributed by atoms with van der Waals surface area (Å²) >= 11 is 0. The second-order valence-electron chi connectivity index (χ2n) is 5.33. The van der Waals surface area contributed by atoms with Crippen LogP contribution in [0.4, 0.5) is 24.5 Å². The predicted octanol–water partition coefficient (Wildman–Crippen LogP) is 2.30. The van der Waals surface area contributed by atoms with Crippen LogP contribution in [0.1, 0.15) is 10.4 Å². The number of nitro benzene ring substituents is 1. The fourth-order valence-electron chi connectivity index (χ4n) is 1.92. The highest BCUT2D eigenvalue weighted by Gasteiger charge is 2.28. The first-order valence-electron chi connectivity index (χ1n) is 7.62. The second kappa shape index (κ2) is 8.79. The lowest BCUT2D eigenvalue weighted by Gasteiger charge is -2.09. The summed E-state index contributed by atoms with van der Waals surface area (Å²) in [6, 6.07) is 7.39. The van der Waals surface area contributed by atoms with E-state index >= 15 is 0 Å². The van der Waals surface area contributed by atoms with Crippen molar-refractivity contribution >= 4 is 23.2 Å². The van der Waals surface area contributed by atoms with Gasteiger partial charge in [-0.2, -0.15) is 13.2 Å². The zero-order chi connectivity index (χ0) is 20.7. The van der Waals surface area contributed by atoms with E-state index < -0.39 is 36.1 Å². The molecule has 148 valence electrons. The first-order valence-corrected chi connectivity index (χ1v) is 7.62. The van der Waals surface area contributed by atoms with Crippen molar-refractivity contribution in [3.05, 3.63) is 58.3 Å². The number of alkyl halides is 3. The molecule has 28 heavy (non-hydrogen) atoms. The molecule has 0 spiro atoms. The first kappa shape index (κ1) is 20.6. The Kier molecular flexibility index (Phi) is 6.47. The maximum Gasteiger partial charge on any atom is 0.422 e. The summed E-state index contributed by atoms with van der Waals surface area (Å²) in [4.78, 5) is 37.4. The van der Waals surface area contributed by atoms with Crippen molar-refractivity contribution in [2.75, 3.05) is 18.5 Å². The molecule has 0 bridgehead atoms. The van der Waals surface area contributed by atoms with Crippen molar-refractivity contribution in [3.63, 3.8) is 0 Å². The van der Waals surface area contributed by atoms with Gasteiger partial charge in [0.1, 0.15) is 0 Å². The fourth-order valence-corrected chi connectivity index (χ4v) is 1.92. The molecular weight excluding hydrogens is 385 g/mol. The minimum absolute atomic E-state index is 0.00910. The van der Waals surface area contributed by atoms with Crippen molar-refractivity contribution in [1.82, 2.24) is 10.3 Å². The molecule has 1 aromatic carbocycles. The molecule has 0 aliphatic heterocycles. The number of nitro groups is 1. The minimum atomic E-state index is -4.49. The van der Waals surface area contributed by atoms with E-state index in [-0.39, 0.29) is 22.8 Å². The van der Waals surface area contributed by atoms with Gasteiger partial charge in [-0.25, -0.2) is 4.98 Å². The number of amides is 2. The number of nitrogens with one attached hydrogen (secondary N) is 2. The number of hydrogen-bond acceptors (Lipinski definition) is 6. The van der Waals surface area contributed by atoms with E-state index in [2.05, 4.69) is 20.4 Å². The molecule has 1 heterocycles. The summed E-state index contributed by atoms with van der Waals surface area (Å²) in [5.41, 5.74) is -0.0835. The number of anilines is 1. The zero-order valence-corrected chi connectivity index (χ0v) is 14.0. The normalized spacial score (nSPS) is 10.8. The summed E-state index contributed by atoms with van der Waals surface area (Å²) < 4.78 is 40.6. The average Bonchev–Trinajstić information content (AvgIpc) is 2.65. The number of pyridine rings is 1. The number of carbonyl (C=O) groups is 2. The molecule has 0 aliphatic rings. The smallest absolute Gasteiger partial charge is 0.422 e. The highest BCUT2D eigenvalue weighted by Crippen LogP contribution is 2.18. The highest BCUT2D eigenvalue weighted by atomic mass is 19.4. The van der Waals surface area contributed by atoms with Crippen LogP contribution in [0.15, 0.2) is 42.6 Å². The van der Waals surface area contributed by atoms with Crippen LogP contribution in [0.25, 0.3) is 0 Å². The van der Waals surface area contributed by atoms with Crippen molar-refractivity contribution < 1.29 is 32.4 Å². The van der Waals surface area contributed by atoms with Gasteiger partial charge in [-0.3, -0.25) is 19.7 Å². The molecule has 12 heteroatoms. The molecule has 9 nitrogen and oxygen atoms in total. The molecule has 0 saturated carbocycles. The van der Waals surface area contributed by atoms with E-state index in [4.69, 9.17) is 0 Å². The topological polar surface area (TPSA) is 123 Å². The van der Waals surface area contributed by atoms with E-state index in [9.17, 15) is 32.9 Å². The Labute approximate surface area is 155 Å². The van der Waals surface area contributed by atoms with Crippen molar-refractivity contribution in [2.24, 2.45) is 0 Å². The summed E-state index contributed by atoms with van der Waals surface area (Å²) in [7, 11) is 0. The predicted molar refractivity (Wildman–Crippen MR) is 89.8 cm³/mol. The van der Waals surface area contributed by atoms with E-state index in [0.717, 1.165) is 18.3 Å². The van der Waals surface area contributed by atoms with Crippen molar-refractivity contribution in [2.45, 2.75) is 6.18 Å². The van der Waals surface area contributed by atoms with Crippen LogP contribution in [0, 0.1) is 10.1 Å². The summed E-state index contributed by atoms with van der Waals surface area (Å²) in [5, 5.41) is 15.4. The number of ether oxygens (including phenoxy) is 1. The molecule has 0 unspecified atom stereocenters. The van der Waals surface area contributed by atoms with Gasteiger partial charge in [0.15, 0.2) is 6.61 Å². The van der Waals surface area contributed by atoms with Crippen LogP contribution in [-0.2, 0) is 4.79 Å². The van der Waals surface area contributed by atoms with Crippen LogP contribution < -0.4 is 15.4 Å². The van der Waals surface area contributed by atoms with Gasteiger partial charge < -0.3 is 15.4 Å². The molecule has 0 atom stereocenters. The highest BCUT2D eigenvalue weighted by molar-refractivity contribution is 5.99. The quantitative estimate of drug-likeness (QED) is 0.545. The van der Waals surface area contributed by atoms with E-state index in [1.165, 1.54) is 24.3 Å². The Hall–Kier alpha value is -3.70. The molecule has 1 aromatic heterocycles. The first-order chi connectivity index (χ1) is 13.1. The number of non-ortho nitro benzene ring substituents is 1. The van der Waals surface area contributed by atoms with Crippen LogP contribution in [-0.4, -0.2) is 41.0 Å². The van der Waals surface area contributed by atoms with Gasteiger partial charge in [0.2, 0.25) is 11.8 Å². The number of carbonyl (C=O) groups excluding carboxylic acids is 2. The number of halogens is 3. The Bertz CT molecular complexity index is 871. The van der Waals surface area contributed by atoms with Gasteiger partial charge in [0.25, 0.3) is 11.6 Å². The van der Waals surface area contributed by atoms with Crippen LogP contribution in [0.3, 0.4) is 0 Å². The Morgan fingerprint density at radius 2 is 1.96 bits per heavy atom. The fraction of sp³-hybridized carbons (Fsp3) is 0.188. The molecule has 2 rings (SSSR count). The molecule has 2 N–H and O–H groups in total. The minimum Gasteiger partial charge on any atom is -0.468 e. The third-order valence-electron chi connectivity index (χ3n) is 3.13. The van der Waals surface area contributed by atoms with Crippen molar-refractivity contribution in [3.8, 4) is 5.88 Å². The van der Waals surface area contributed by atoms with Gasteiger partial charge in [-0.15, -0.1) is 0 Å². The van der Waals surface area contributed by atoms with Crippen molar-refractivity contribution in [1.29, 1.82) is 0 Å². The molecule has 0 radical (unpaired) electrons. The van der Waals surface area contributed by atoms with E-state index in [0.29, 0.717) is 0 Å². The molecule has 0 fully saturated rings. The Balaban J connectivity index is 1.84. The van der Waals surface area contributed by atoms with Crippen LogP contribution >= 0.6 is 0 Å².